The molecule has 4 saturated carbocycles. The minimum absolute atomic E-state index is 0.0636. The molecule has 0 aromatic carbocycles. The zero-order valence-corrected chi connectivity index (χ0v) is 22.5. The summed E-state index contributed by atoms with van der Waals surface area (Å²) in [6.07, 6.45) is 19.4. The minimum atomic E-state index is -1.02. The number of rotatable bonds is 4. The van der Waals surface area contributed by atoms with Crippen LogP contribution < -0.4 is 0 Å². The fraction of sp³-hybridized carbons (Fsp3) is 0.903. The Kier molecular flexibility index (Phi) is 6.84. The van der Waals surface area contributed by atoms with E-state index in [1.807, 2.05) is 4.90 Å². The third kappa shape index (κ3) is 4.37. The number of hydrogen-bond donors (Lipinski definition) is 2. The molecule has 4 nitrogen and oxygen atoms in total. The molecule has 35 heavy (non-hydrogen) atoms. The fourth-order valence-electron chi connectivity index (χ4n) is 10.2. The summed E-state index contributed by atoms with van der Waals surface area (Å²) in [5.74, 6) is 7.34. The van der Waals surface area contributed by atoms with Gasteiger partial charge in [0.05, 0.1) is 6.10 Å². The Morgan fingerprint density at radius 1 is 1.00 bits per heavy atom. The molecule has 0 radical (unpaired) electrons. The molecule has 0 aromatic rings. The van der Waals surface area contributed by atoms with Crippen molar-refractivity contribution >= 4 is 5.91 Å². The van der Waals surface area contributed by atoms with Crippen LogP contribution in [0.4, 0.5) is 0 Å². The van der Waals surface area contributed by atoms with Crippen molar-refractivity contribution in [3.05, 3.63) is 0 Å². The number of likely N-dealkylation sites (tertiary alicyclic amines) is 1. The molecule has 1 heterocycles. The molecule has 9 atom stereocenters. The van der Waals surface area contributed by atoms with E-state index in [4.69, 9.17) is 6.42 Å². The SMILES string of the molecule is C#CC1(O)CCN(C(=O)CCC(C)[C@H]2CC[C@H]3[C@@H]4CC[C@H]5C[C@@H](O)CC[C@]5(C)[C@H]4CC[C@]23C)CC1. The van der Waals surface area contributed by atoms with Gasteiger partial charge in [-0.3, -0.25) is 4.79 Å². The second-order valence-corrected chi connectivity index (χ2v) is 13.9. The molecule has 4 aliphatic carbocycles. The molecule has 0 spiro atoms. The molecule has 2 N–H and O–H groups in total. The highest BCUT2D eigenvalue weighted by molar-refractivity contribution is 5.76. The van der Waals surface area contributed by atoms with E-state index < -0.39 is 5.60 Å². The highest BCUT2D eigenvalue weighted by Gasteiger charge is 2.60. The van der Waals surface area contributed by atoms with Gasteiger partial charge in [0.25, 0.3) is 0 Å². The topological polar surface area (TPSA) is 60.8 Å². The summed E-state index contributed by atoms with van der Waals surface area (Å²) in [4.78, 5) is 14.9. The molecule has 0 aromatic heterocycles. The summed E-state index contributed by atoms with van der Waals surface area (Å²) in [5.41, 5.74) is -0.154. The predicted octanol–water partition coefficient (Wildman–Crippen LogP) is 5.41. The Morgan fingerprint density at radius 3 is 2.40 bits per heavy atom. The summed E-state index contributed by atoms with van der Waals surface area (Å²) in [6.45, 7) is 8.75. The van der Waals surface area contributed by atoms with Crippen LogP contribution >= 0.6 is 0 Å². The number of aliphatic hydroxyl groups is 2. The van der Waals surface area contributed by atoms with Crippen LogP contribution in [0.25, 0.3) is 0 Å². The van der Waals surface area contributed by atoms with Gasteiger partial charge in [0.1, 0.15) is 5.60 Å². The Morgan fingerprint density at radius 2 is 1.69 bits per heavy atom. The van der Waals surface area contributed by atoms with E-state index in [0.29, 0.717) is 49.1 Å². The van der Waals surface area contributed by atoms with E-state index in [2.05, 4.69) is 26.7 Å². The molecule has 1 saturated heterocycles. The van der Waals surface area contributed by atoms with Crippen LogP contribution in [-0.2, 0) is 4.79 Å². The molecule has 5 rings (SSSR count). The van der Waals surface area contributed by atoms with Gasteiger partial charge in [0, 0.05) is 32.4 Å². The summed E-state index contributed by atoms with van der Waals surface area (Å²) in [5, 5.41) is 20.6. The van der Waals surface area contributed by atoms with Crippen molar-refractivity contribution < 1.29 is 15.0 Å². The van der Waals surface area contributed by atoms with E-state index in [1.165, 1.54) is 44.9 Å². The molecular weight excluding hydrogens is 434 g/mol. The van der Waals surface area contributed by atoms with E-state index in [9.17, 15) is 15.0 Å². The van der Waals surface area contributed by atoms with E-state index in [-0.39, 0.29) is 12.0 Å². The van der Waals surface area contributed by atoms with Crippen LogP contribution in [0, 0.1) is 58.7 Å². The molecule has 196 valence electrons. The lowest BCUT2D eigenvalue weighted by Gasteiger charge is -2.61. The van der Waals surface area contributed by atoms with Gasteiger partial charge in [-0.15, -0.1) is 6.42 Å². The number of amides is 1. The number of aliphatic hydroxyl groups excluding tert-OH is 1. The quantitative estimate of drug-likeness (QED) is 0.526. The van der Waals surface area contributed by atoms with Crippen LogP contribution in [0.5, 0.6) is 0 Å². The van der Waals surface area contributed by atoms with Crippen molar-refractivity contribution in [2.24, 2.45) is 46.3 Å². The van der Waals surface area contributed by atoms with Gasteiger partial charge in [-0.25, -0.2) is 0 Å². The van der Waals surface area contributed by atoms with Crippen molar-refractivity contribution in [1.82, 2.24) is 4.90 Å². The number of nitrogens with zero attached hydrogens (tertiary/aromatic N) is 1. The minimum Gasteiger partial charge on any atom is -0.393 e. The Bertz CT molecular complexity index is 841. The first-order chi connectivity index (χ1) is 16.6. The Balaban J connectivity index is 1.19. The van der Waals surface area contributed by atoms with E-state index >= 15 is 0 Å². The lowest BCUT2D eigenvalue weighted by Crippen LogP contribution is -2.54. The van der Waals surface area contributed by atoms with Crippen molar-refractivity contribution in [2.45, 2.75) is 116 Å². The van der Waals surface area contributed by atoms with Crippen molar-refractivity contribution in [2.75, 3.05) is 13.1 Å². The van der Waals surface area contributed by atoms with Crippen molar-refractivity contribution in [3.8, 4) is 12.3 Å². The van der Waals surface area contributed by atoms with E-state index in [0.717, 1.165) is 48.9 Å². The first-order valence-corrected chi connectivity index (χ1v) is 14.8. The van der Waals surface area contributed by atoms with Crippen LogP contribution in [0.3, 0.4) is 0 Å². The molecule has 1 aliphatic heterocycles. The van der Waals surface area contributed by atoms with E-state index in [1.54, 1.807) is 0 Å². The average Bonchev–Trinajstić information content (AvgIpc) is 3.20. The van der Waals surface area contributed by atoms with Gasteiger partial charge >= 0.3 is 0 Å². The second kappa shape index (κ2) is 9.36. The molecule has 5 fully saturated rings. The molecule has 0 bridgehead atoms. The van der Waals surface area contributed by atoms with Gasteiger partial charge in [-0.2, -0.15) is 0 Å². The Labute approximate surface area is 213 Å². The highest BCUT2D eigenvalue weighted by Crippen LogP contribution is 2.68. The predicted molar refractivity (Wildman–Crippen MR) is 139 cm³/mol. The summed E-state index contributed by atoms with van der Waals surface area (Å²) >= 11 is 0. The zero-order valence-electron chi connectivity index (χ0n) is 22.5. The third-order valence-electron chi connectivity index (χ3n) is 12.4. The van der Waals surface area contributed by atoms with Crippen LogP contribution in [0.2, 0.25) is 0 Å². The second-order valence-electron chi connectivity index (χ2n) is 13.9. The number of carbonyl (C=O) groups is 1. The largest absolute Gasteiger partial charge is 0.393 e. The lowest BCUT2D eigenvalue weighted by atomic mass is 9.44. The van der Waals surface area contributed by atoms with Crippen LogP contribution in [-0.4, -0.2) is 45.8 Å². The monoisotopic (exact) mass is 483 g/mol. The molecular formula is C31H49NO3. The number of hydrogen-bond acceptors (Lipinski definition) is 3. The van der Waals surface area contributed by atoms with Gasteiger partial charge in [0.2, 0.25) is 5.91 Å². The lowest BCUT2D eigenvalue weighted by molar-refractivity contribution is -0.135. The summed E-state index contributed by atoms with van der Waals surface area (Å²) in [7, 11) is 0. The number of terminal acetylenes is 1. The first-order valence-electron chi connectivity index (χ1n) is 14.8. The smallest absolute Gasteiger partial charge is 0.222 e. The number of piperidine rings is 1. The van der Waals surface area contributed by atoms with Crippen LogP contribution in [0.15, 0.2) is 0 Å². The average molecular weight is 484 g/mol. The molecule has 1 unspecified atom stereocenters. The number of carbonyl (C=O) groups excluding carboxylic acids is 1. The maximum Gasteiger partial charge on any atom is 0.222 e. The fourth-order valence-corrected chi connectivity index (χ4v) is 10.2. The third-order valence-corrected chi connectivity index (χ3v) is 12.4. The van der Waals surface area contributed by atoms with Gasteiger partial charge in [-0.1, -0.05) is 26.7 Å². The van der Waals surface area contributed by atoms with Gasteiger partial charge < -0.3 is 15.1 Å². The molecule has 1 amide bonds. The summed E-state index contributed by atoms with van der Waals surface area (Å²) in [6, 6.07) is 0. The maximum absolute atomic E-state index is 12.9. The normalized spacial score (nSPS) is 45.5. The van der Waals surface area contributed by atoms with Crippen molar-refractivity contribution in [3.63, 3.8) is 0 Å². The zero-order chi connectivity index (χ0) is 25.0. The van der Waals surface area contributed by atoms with Gasteiger partial charge in [0.15, 0.2) is 0 Å². The molecule has 4 heteroatoms. The molecule has 5 aliphatic rings. The maximum atomic E-state index is 12.9. The van der Waals surface area contributed by atoms with Gasteiger partial charge in [-0.05, 0) is 111 Å². The highest BCUT2D eigenvalue weighted by atomic mass is 16.3. The van der Waals surface area contributed by atoms with Crippen molar-refractivity contribution in [1.29, 1.82) is 0 Å². The Hall–Kier alpha value is -1.05. The van der Waals surface area contributed by atoms with Crippen LogP contribution in [0.1, 0.15) is 104 Å². The standard InChI is InChI=1S/C31H49NO3/c1-5-31(35)16-18-32(19-17-31)28(34)11-6-21(2)25-9-10-26-24-8-7-22-20-23(33)12-14-29(22,3)27(24)13-15-30(25,26)4/h1,21-27,33,35H,6-20H2,2-4H3/t21?,22-,23-,24-,25+,26-,27-,29-,30+/m0/s1. The summed E-state index contributed by atoms with van der Waals surface area (Å²) < 4.78 is 0. The number of fused-ring (bicyclic) bond motifs is 5. The first kappa shape index (κ1) is 25.6.